The maximum atomic E-state index is 5.40. The van der Waals surface area contributed by atoms with Crippen molar-refractivity contribution in [1.29, 1.82) is 0 Å². The molecule has 0 amide bonds. The topological polar surface area (TPSA) is 18.5 Å². The van der Waals surface area contributed by atoms with E-state index in [0.29, 0.717) is 6.79 Å². The molecule has 0 saturated carbocycles. The number of hydrogen-bond donors (Lipinski definition) is 0. The average molecular weight is 188 g/mol. The zero-order valence-corrected chi connectivity index (χ0v) is 9.34. The molecule has 0 aliphatic carbocycles. The molecule has 0 aliphatic rings. The Morgan fingerprint density at radius 2 is 1.85 bits per heavy atom. The monoisotopic (exact) mass is 188 g/mol. The van der Waals surface area contributed by atoms with Gasteiger partial charge in [0.25, 0.3) is 0 Å². The van der Waals surface area contributed by atoms with Crippen LogP contribution in [0.3, 0.4) is 0 Å². The summed E-state index contributed by atoms with van der Waals surface area (Å²) in [4.78, 5) is 0. The van der Waals surface area contributed by atoms with E-state index in [9.17, 15) is 0 Å². The summed E-state index contributed by atoms with van der Waals surface area (Å²) in [5.74, 6) is 0.723. The van der Waals surface area contributed by atoms with Crippen LogP contribution in [-0.4, -0.2) is 20.0 Å². The maximum Gasteiger partial charge on any atom is 0.146 e. The third-order valence-electron chi connectivity index (χ3n) is 2.27. The van der Waals surface area contributed by atoms with E-state index in [1.807, 2.05) is 6.92 Å². The molecule has 0 radical (unpaired) electrons. The van der Waals surface area contributed by atoms with Crippen LogP contribution in [0, 0.1) is 5.92 Å². The second-order valence-electron chi connectivity index (χ2n) is 3.40. The van der Waals surface area contributed by atoms with Crippen molar-refractivity contribution in [1.82, 2.24) is 0 Å². The molecule has 0 bridgehead atoms. The first-order valence-corrected chi connectivity index (χ1v) is 5.50. The van der Waals surface area contributed by atoms with Gasteiger partial charge in [0, 0.05) is 6.61 Å². The third-order valence-corrected chi connectivity index (χ3v) is 2.27. The van der Waals surface area contributed by atoms with E-state index in [1.165, 1.54) is 25.7 Å². The molecule has 1 atom stereocenters. The summed E-state index contributed by atoms with van der Waals surface area (Å²) in [5.41, 5.74) is 0. The van der Waals surface area contributed by atoms with Crippen molar-refractivity contribution in [2.24, 2.45) is 5.92 Å². The lowest BCUT2D eigenvalue weighted by Crippen LogP contribution is -2.10. The minimum absolute atomic E-state index is 0.457. The van der Waals surface area contributed by atoms with Gasteiger partial charge in [0.2, 0.25) is 0 Å². The highest BCUT2D eigenvalue weighted by molar-refractivity contribution is 4.55. The molecule has 0 aromatic rings. The van der Waals surface area contributed by atoms with Gasteiger partial charge in [0.05, 0.1) is 6.61 Å². The highest BCUT2D eigenvalue weighted by Gasteiger charge is 2.04. The predicted octanol–water partition coefficient (Wildman–Crippen LogP) is 3.21. The molecule has 80 valence electrons. The van der Waals surface area contributed by atoms with E-state index in [1.54, 1.807) is 0 Å². The van der Waals surface area contributed by atoms with Gasteiger partial charge in [-0.1, -0.05) is 33.1 Å². The number of unbranched alkanes of at least 4 members (excludes halogenated alkanes) is 1. The zero-order valence-electron chi connectivity index (χ0n) is 9.34. The quantitative estimate of drug-likeness (QED) is 0.408. The molecule has 2 heteroatoms. The van der Waals surface area contributed by atoms with Crippen LogP contribution in [0.15, 0.2) is 0 Å². The lowest BCUT2D eigenvalue weighted by Gasteiger charge is -2.14. The van der Waals surface area contributed by atoms with Crippen LogP contribution in [0.5, 0.6) is 0 Å². The van der Waals surface area contributed by atoms with Crippen molar-refractivity contribution in [2.75, 3.05) is 20.0 Å². The first-order valence-electron chi connectivity index (χ1n) is 5.50. The molecule has 0 heterocycles. The molecule has 0 rings (SSSR count). The highest BCUT2D eigenvalue weighted by Crippen LogP contribution is 2.12. The Hall–Kier alpha value is -0.0800. The Morgan fingerprint density at radius 3 is 2.38 bits per heavy atom. The van der Waals surface area contributed by atoms with E-state index in [2.05, 4.69) is 13.8 Å². The van der Waals surface area contributed by atoms with Gasteiger partial charge in [0.1, 0.15) is 6.79 Å². The largest absolute Gasteiger partial charge is 0.356 e. The minimum atomic E-state index is 0.457. The van der Waals surface area contributed by atoms with E-state index < -0.39 is 0 Å². The van der Waals surface area contributed by atoms with Crippen molar-refractivity contribution >= 4 is 0 Å². The molecule has 0 aromatic heterocycles. The summed E-state index contributed by atoms with van der Waals surface area (Å²) in [6.07, 6.45) is 5.10. The Morgan fingerprint density at radius 1 is 1.08 bits per heavy atom. The number of rotatable bonds is 9. The van der Waals surface area contributed by atoms with Crippen molar-refractivity contribution in [2.45, 2.75) is 46.5 Å². The van der Waals surface area contributed by atoms with Gasteiger partial charge in [-0.2, -0.15) is 0 Å². The fraction of sp³-hybridized carbons (Fsp3) is 1.00. The van der Waals surface area contributed by atoms with E-state index >= 15 is 0 Å². The summed E-state index contributed by atoms with van der Waals surface area (Å²) in [5, 5.41) is 0. The lowest BCUT2D eigenvalue weighted by molar-refractivity contribution is -0.0615. The Balaban J connectivity index is 3.25. The Labute approximate surface area is 82.6 Å². The second-order valence-corrected chi connectivity index (χ2v) is 3.40. The van der Waals surface area contributed by atoms with Crippen LogP contribution < -0.4 is 0 Å². The fourth-order valence-corrected chi connectivity index (χ4v) is 1.26. The van der Waals surface area contributed by atoms with E-state index in [-0.39, 0.29) is 0 Å². The summed E-state index contributed by atoms with van der Waals surface area (Å²) in [6.45, 7) is 8.50. The van der Waals surface area contributed by atoms with Gasteiger partial charge in [0.15, 0.2) is 0 Å². The van der Waals surface area contributed by atoms with Gasteiger partial charge in [-0.15, -0.1) is 0 Å². The first-order chi connectivity index (χ1) is 6.35. The molecular formula is C11H24O2. The van der Waals surface area contributed by atoms with Crippen LogP contribution in [-0.2, 0) is 9.47 Å². The average Bonchev–Trinajstić information content (AvgIpc) is 2.17. The van der Waals surface area contributed by atoms with E-state index in [4.69, 9.17) is 9.47 Å². The van der Waals surface area contributed by atoms with Crippen molar-refractivity contribution in [3.05, 3.63) is 0 Å². The summed E-state index contributed by atoms with van der Waals surface area (Å²) in [7, 11) is 0. The van der Waals surface area contributed by atoms with Gasteiger partial charge in [-0.3, -0.25) is 0 Å². The van der Waals surface area contributed by atoms with Crippen LogP contribution in [0.1, 0.15) is 46.5 Å². The third kappa shape index (κ3) is 8.26. The Kier molecular flexibility index (Phi) is 9.94. The predicted molar refractivity (Wildman–Crippen MR) is 55.8 cm³/mol. The summed E-state index contributed by atoms with van der Waals surface area (Å²) < 4.78 is 10.5. The van der Waals surface area contributed by atoms with E-state index in [0.717, 1.165) is 19.1 Å². The molecule has 0 fully saturated rings. The SMILES string of the molecule is CCCCC(CC)COCOCC. The molecule has 0 aliphatic heterocycles. The van der Waals surface area contributed by atoms with Crippen molar-refractivity contribution < 1.29 is 9.47 Å². The molecular weight excluding hydrogens is 164 g/mol. The zero-order chi connectivity index (χ0) is 9.94. The Bertz CT molecular complexity index is 94.1. The van der Waals surface area contributed by atoms with Crippen molar-refractivity contribution in [3.63, 3.8) is 0 Å². The fourth-order valence-electron chi connectivity index (χ4n) is 1.26. The normalized spacial score (nSPS) is 13.2. The second kappa shape index (κ2) is 10.0. The molecule has 0 aromatic carbocycles. The first kappa shape index (κ1) is 12.9. The van der Waals surface area contributed by atoms with Gasteiger partial charge < -0.3 is 9.47 Å². The molecule has 0 N–H and O–H groups in total. The minimum Gasteiger partial charge on any atom is -0.356 e. The molecule has 13 heavy (non-hydrogen) atoms. The van der Waals surface area contributed by atoms with Gasteiger partial charge >= 0.3 is 0 Å². The molecule has 1 unspecified atom stereocenters. The van der Waals surface area contributed by atoms with Crippen molar-refractivity contribution in [3.8, 4) is 0 Å². The lowest BCUT2D eigenvalue weighted by atomic mass is 10.0. The van der Waals surface area contributed by atoms with Crippen LogP contribution in [0.25, 0.3) is 0 Å². The molecule has 2 nitrogen and oxygen atoms in total. The smallest absolute Gasteiger partial charge is 0.146 e. The van der Waals surface area contributed by atoms with Gasteiger partial charge in [-0.25, -0.2) is 0 Å². The number of ether oxygens (including phenoxy) is 2. The standard InChI is InChI=1S/C11H24O2/c1-4-7-8-11(5-2)9-13-10-12-6-3/h11H,4-10H2,1-3H3. The van der Waals surface area contributed by atoms with Crippen LogP contribution in [0.2, 0.25) is 0 Å². The van der Waals surface area contributed by atoms with Crippen LogP contribution in [0.4, 0.5) is 0 Å². The molecule has 0 spiro atoms. The molecule has 0 saturated heterocycles. The van der Waals surface area contributed by atoms with Crippen LogP contribution >= 0.6 is 0 Å². The summed E-state index contributed by atoms with van der Waals surface area (Å²) >= 11 is 0. The number of hydrogen-bond acceptors (Lipinski definition) is 2. The van der Waals surface area contributed by atoms with Gasteiger partial charge in [-0.05, 0) is 19.3 Å². The highest BCUT2D eigenvalue weighted by atomic mass is 16.7. The summed E-state index contributed by atoms with van der Waals surface area (Å²) in [6, 6.07) is 0. The maximum absolute atomic E-state index is 5.40.